The maximum absolute atomic E-state index is 10.7. The van der Waals surface area contributed by atoms with Crippen molar-refractivity contribution in [3.8, 4) is 0 Å². The van der Waals surface area contributed by atoms with Crippen LogP contribution in [-0.4, -0.2) is 16.9 Å². The van der Waals surface area contributed by atoms with Gasteiger partial charge in [-0.05, 0) is 37.1 Å². The van der Waals surface area contributed by atoms with Crippen molar-refractivity contribution in [3.05, 3.63) is 29.3 Å². The number of benzene rings is 1. The van der Waals surface area contributed by atoms with Gasteiger partial charge in [0.15, 0.2) is 0 Å². The first-order chi connectivity index (χ1) is 7.54. The molecule has 0 saturated heterocycles. The molecule has 0 saturated carbocycles. The number of nitrogens with zero attached hydrogens (tertiary/aromatic N) is 1. The van der Waals surface area contributed by atoms with E-state index in [0.29, 0.717) is 5.84 Å². The summed E-state index contributed by atoms with van der Waals surface area (Å²) in [6.07, 6.45) is 1.70. The summed E-state index contributed by atoms with van der Waals surface area (Å²) in [5, 5.41) is 8.81. The lowest BCUT2D eigenvalue weighted by Gasteiger charge is -2.03. The van der Waals surface area contributed by atoms with Crippen molar-refractivity contribution in [1.82, 2.24) is 0 Å². The molecule has 0 bridgehead atoms. The van der Waals surface area contributed by atoms with Crippen LogP contribution in [0.2, 0.25) is 0 Å². The van der Waals surface area contributed by atoms with Crippen molar-refractivity contribution in [2.45, 2.75) is 26.7 Å². The van der Waals surface area contributed by atoms with Crippen molar-refractivity contribution in [2.24, 2.45) is 10.7 Å². The Bertz CT molecular complexity index is 425. The number of hydrogen-bond donors (Lipinski definition) is 2. The Hall–Kier alpha value is -1.84. The Kier molecular flexibility index (Phi) is 4.05. The molecule has 1 rings (SSSR count). The number of amidine groups is 1. The highest BCUT2D eigenvalue weighted by Gasteiger charge is 2.05. The maximum Gasteiger partial charge on any atom is 0.335 e. The standard InChI is InChI=1S/C12H16N2O2/c1-3-4-11(13)14-10-6-5-9(12(15)16)7-8(10)2/h5-7H,3-4H2,1-2H3,(H2,13,14)(H,15,16). The zero-order valence-corrected chi connectivity index (χ0v) is 9.53. The molecule has 1 aromatic rings. The van der Waals surface area contributed by atoms with Crippen LogP contribution in [0.3, 0.4) is 0 Å². The molecule has 0 spiro atoms. The summed E-state index contributed by atoms with van der Waals surface area (Å²) in [5.74, 6) is -0.353. The third-order valence-electron chi connectivity index (χ3n) is 2.21. The average molecular weight is 220 g/mol. The van der Waals surface area contributed by atoms with Gasteiger partial charge in [0.25, 0.3) is 0 Å². The molecule has 0 radical (unpaired) electrons. The maximum atomic E-state index is 10.7. The Morgan fingerprint density at radius 1 is 1.50 bits per heavy atom. The van der Waals surface area contributed by atoms with Crippen LogP contribution in [0, 0.1) is 6.92 Å². The summed E-state index contributed by atoms with van der Waals surface area (Å²) in [6, 6.07) is 4.81. The molecule has 0 heterocycles. The molecule has 0 unspecified atom stereocenters. The number of hydrogen-bond acceptors (Lipinski definition) is 2. The van der Waals surface area contributed by atoms with E-state index in [4.69, 9.17) is 10.8 Å². The molecule has 0 aliphatic heterocycles. The number of rotatable bonds is 4. The second-order valence-corrected chi connectivity index (χ2v) is 3.66. The van der Waals surface area contributed by atoms with E-state index in [2.05, 4.69) is 4.99 Å². The van der Waals surface area contributed by atoms with E-state index in [0.717, 1.165) is 24.1 Å². The number of carboxylic acid groups (broad SMARTS) is 1. The van der Waals surface area contributed by atoms with Crippen LogP contribution < -0.4 is 5.73 Å². The number of carbonyl (C=O) groups is 1. The van der Waals surface area contributed by atoms with Gasteiger partial charge in [-0.2, -0.15) is 0 Å². The van der Waals surface area contributed by atoms with Gasteiger partial charge in [-0.3, -0.25) is 0 Å². The van der Waals surface area contributed by atoms with Crippen LogP contribution in [0.5, 0.6) is 0 Å². The second kappa shape index (κ2) is 5.30. The minimum atomic E-state index is -0.930. The fraction of sp³-hybridized carbons (Fsp3) is 0.333. The minimum Gasteiger partial charge on any atom is -0.478 e. The summed E-state index contributed by atoms with van der Waals surface area (Å²) in [6.45, 7) is 3.85. The quantitative estimate of drug-likeness (QED) is 0.604. The third kappa shape index (κ3) is 3.08. The summed E-state index contributed by atoms with van der Waals surface area (Å²) >= 11 is 0. The van der Waals surface area contributed by atoms with Gasteiger partial charge in [-0.1, -0.05) is 6.92 Å². The van der Waals surface area contributed by atoms with E-state index in [-0.39, 0.29) is 5.56 Å². The lowest BCUT2D eigenvalue weighted by atomic mass is 10.1. The number of nitrogens with two attached hydrogens (primary N) is 1. The van der Waals surface area contributed by atoms with Gasteiger partial charge >= 0.3 is 5.97 Å². The first-order valence-corrected chi connectivity index (χ1v) is 5.21. The highest BCUT2D eigenvalue weighted by molar-refractivity contribution is 5.89. The number of aryl methyl sites for hydroxylation is 1. The minimum absolute atomic E-state index is 0.269. The van der Waals surface area contributed by atoms with Crippen LogP contribution >= 0.6 is 0 Å². The van der Waals surface area contributed by atoms with E-state index in [9.17, 15) is 4.79 Å². The van der Waals surface area contributed by atoms with Crippen molar-refractivity contribution >= 4 is 17.5 Å². The normalized spacial score (nSPS) is 11.5. The first-order valence-electron chi connectivity index (χ1n) is 5.21. The van der Waals surface area contributed by atoms with Crippen molar-refractivity contribution in [1.29, 1.82) is 0 Å². The fourth-order valence-corrected chi connectivity index (χ4v) is 1.38. The Balaban J connectivity index is 2.99. The van der Waals surface area contributed by atoms with Crippen molar-refractivity contribution in [3.63, 3.8) is 0 Å². The molecular formula is C12H16N2O2. The molecule has 3 N–H and O–H groups in total. The molecule has 0 aliphatic rings. The van der Waals surface area contributed by atoms with Crippen molar-refractivity contribution < 1.29 is 9.90 Å². The van der Waals surface area contributed by atoms with Crippen LogP contribution in [0.15, 0.2) is 23.2 Å². The van der Waals surface area contributed by atoms with E-state index < -0.39 is 5.97 Å². The summed E-state index contributed by atoms with van der Waals surface area (Å²) in [5.41, 5.74) is 7.54. The third-order valence-corrected chi connectivity index (χ3v) is 2.21. The molecule has 0 aliphatic carbocycles. The number of aliphatic imine (C=N–C) groups is 1. The van der Waals surface area contributed by atoms with E-state index >= 15 is 0 Å². The van der Waals surface area contributed by atoms with E-state index in [1.165, 1.54) is 6.07 Å². The number of carboxylic acids is 1. The fourth-order valence-electron chi connectivity index (χ4n) is 1.38. The predicted molar refractivity (Wildman–Crippen MR) is 64.3 cm³/mol. The summed E-state index contributed by atoms with van der Waals surface area (Å²) in [7, 11) is 0. The summed E-state index contributed by atoms with van der Waals surface area (Å²) < 4.78 is 0. The Labute approximate surface area is 94.8 Å². The van der Waals surface area contributed by atoms with E-state index in [1.807, 2.05) is 13.8 Å². The summed E-state index contributed by atoms with van der Waals surface area (Å²) in [4.78, 5) is 15.0. The van der Waals surface area contributed by atoms with Gasteiger partial charge in [0.2, 0.25) is 0 Å². The zero-order chi connectivity index (χ0) is 12.1. The van der Waals surface area contributed by atoms with Gasteiger partial charge in [-0.15, -0.1) is 0 Å². The van der Waals surface area contributed by atoms with Crippen LogP contribution in [-0.2, 0) is 0 Å². The molecule has 4 nitrogen and oxygen atoms in total. The largest absolute Gasteiger partial charge is 0.478 e. The van der Waals surface area contributed by atoms with Crippen LogP contribution in [0.1, 0.15) is 35.7 Å². The Morgan fingerprint density at radius 2 is 2.19 bits per heavy atom. The molecule has 0 atom stereocenters. The highest BCUT2D eigenvalue weighted by atomic mass is 16.4. The highest BCUT2D eigenvalue weighted by Crippen LogP contribution is 2.20. The van der Waals surface area contributed by atoms with Gasteiger partial charge in [-0.25, -0.2) is 9.79 Å². The topological polar surface area (TPSA) is 75.7 Å². The molecule has 1 aromatic carbocycles. The average Bonchev–Trinajstić information content (AvgIpc) is 2.21. The molecule has 4 heteroatoms. The SMILES string of the molecule is CCCC(N)=Nc1ccc(C(=O)O)cc1C. The smallest absolute Gasteiger partial charge is 0.335 e. The molecule has 0 amide bonds. The van der Waals surface area contributed by atoms with Crippen LogP contribution in [0.25, 0.3) is 0 Å². The predicted octanol–water partition coefficient (Wildman–Crippen LogP) is 2.48. The zero-order valence-electron chi connectivity index (χ0n) is 9.53. The van der Waals surface area contributed by atoms with Crippen LogP contribution in [0.4, 0.5) is 5.69 Å². The molecule has 86 valence electrons. The molecule has 0 aromatic heterocycles. The van der Waals surface area contributed by atoms with Gasteiger partial charge in [0.1, 0.15) is 0 Å². The molecule has 0 fully saturated rings. The molecular weight excluding hydrogens is 204 g/mol. The lowest BCUT2D eigenvalue weighted by Crippen LogP contribution is -2.10. The van der Waals surface area contributed by atoms with Gasteiger partial charge in [0.05, 0.1) is 17.1 Å². The number of aromatic carboxylic acids is 1. The second-order valence-electron chi connectivity index (χ2n) is 3.66. The molecule has 16 heavy (non-hydrogen) atoms. The van der Waals surface area contributed by atoms with Gasteiger partial charge < -0.3 is 10.8 Å². The first kappa shape index (κ1) is 12.2. The Morgan fingerprint density at radius 3 is 2.69 bits per heavy atom. The lowest BCUT2D eigenvalue weighted by molar-refractivity contribution is 0.0697. The monoisotopic (exact) mass is 220 g/mol. The van der Waals surface area contributed by atoms with E-state index in [1.54, 1.807) is 12.1 Å². The van der Waals surface area contributed by atoms with Crippen molar-refractivity contribution in [2.75, 3.05) is 0 Å². The van der Waals surface area contributed by atoms with Gasteiger partial charge in [0, 0.05) is 6.42 Å².